The molecule has 2 aromatic carbocycles. The molecule has 1 aliphatic heterocycles. The molecule has 3 N–H and O–H groups in total. The van der Waals surface area contributed by atoms with E-state index in [0.717, 1.165) is 49.2 Å². The Bertz CT molecular complexity index is 1020. The number of aryl methyl sites for hydroxylation is 1. The number of piperazine rings is 1. The number of carbonyl (C=O) groups is 1. The van der Waals surface area contributed by atoms with Crippen molar-refractivity contribution in [3.05, 3.63) is 54.1 Å². The van der Waals surface area contributed by atoms with Gasteiger partial charge in [-0.25, -0.2) is 0 Å². The molecular formula is C22H26N5O2+. The van der Waals surface area contributed by atoms with Crippen molar-refractivity contribution in [1.82, 2.24) is 4.98 Å². The van der Waals surface area contributed by atoms with Crippen molar-refractivity contribution in [3.63, 3.8) is 0 Å². The number of anilines is 1. The Hall–Kier alpha value is -3.19. The molecule has 1 aliphatic rings. The first-order chi connectivity index (χ1) is 14.1. The molecule has 150 valence electrons. The van der Waals surface area contributed by atoms with Crippen LogP contribution in [0.4, 0.5) is 11.4 Å². The maximum atomic E-state index is 12.2. The maximum Gasteiger partial charge on any atom is 0.270 e. The Morgan fingerprint density at radius 3 is 2.69 bits per heavy atom. The molecular weight excluding hydrogens is 366 g/mol. The average Bonchev–Trinajstić information content (AvgIpc) is 3.06. The zero-order valence-corrected chi connectivity index (χ0v) is 16.6. The lowest BCUT2D eigenvalue weighted by Gasteiger charge is -2.33. The van der Waals surface area contributed by atoms with Gasteiger partial charge in [-0.2, -0.15) is 0 Å². The SMILES string of the molecule is Cc1ccc2[nH]c(O)c(N=NC(=O)CC[NH+]3CCN(c4ccccc4)CC3)c2c1. The van der Waals surface area contributed by atoms with E-state index in [0.29, 0.717) is 12.1 Å². The molecule has 29 heavy (non-hydrogen) atoms. The quantitative estimate of drug-likeness (QED) is 0.584. The van der Waals surface area contributed by atoms with Gasteiger partial charge in [-0.1, -0.05) is 29.8 Å². The number of aromatic amines is 1. The normalized spacial score (nSPS) is 15.4. The van der Waals surface area contributed by atoms with E-state index in [1.165, 1.54) is 10.6 Å². The summed E-state index contributed by atoms with van der Waals surface area (Å²) in [7, 11) is 0. The standard InChI is InChI=1S/C22H25N5O2/c1-16-7-8-19-18(15-16)21(22(29)23-19)25-24-20(28)9-10-26-11-13-27(14-12-26)17-5-3-2-4-6-17/h2-8,15,23,29H,9-14H2,1H3/p+1. The highest BCUT2D eigenvalue weighted by Crippen LogP contribution is 2.35. The van der Waals surface area contributed by atoms with Gasteiger partial charge in [0.1, 0.15) is 0 Å². The van der Waals surface area contributed by atoms with Crippen LogP contribution in [0, 0.1) is 6.92 Å². The molecule has 0 aliphatic carbocycles. The monoisotopic (exact) mass is 392 g/mol. The number of azo groups is 1. The summed E-state index contributed by atoms with van der Waals surface area (Å²) in [6.45, 7) is 6.69. The van der Waals surface area contributed by atoms with Crippen LogP contribution in [0.1, 0.15) is 12.0 Å². The molecule has 3 aromatic rings. The van der Waals surface area contributed by atoms with E-state index in [9.17, 15) is 9.90 Å². The van der Waals surface area contributed by atoms with Gasteiger partial charge in [-0.15, -0.1) is 10.2 Å². The number of carbonyl (C=O) groups excluding carboxylic acids is 1. The highest BCUT2D eigenvalue weighted by atomic mass is 16.3. The minimum Gasteiger partial charge on any atom is -0.493 e. The van der Waals surface area contributed by atoms with E-state index < -0.39 is 0 Å². The summed E-state index contributed by atoms with van der Waals surface area (Å²) in [4.78, 5) is 18.9. The lowest BCUT2D eigenvalue weighted by molar-refractivity contribution is -0.900. The fraction of sp³-hybridized carbons (Fsp3) is 0.318. The first-order valence-corrected chi connectivity index (χ1v) is 9.99. The number of aromatic hydroxyl groups is 1. The number of nitrogens with zero attached hydrogens (tertiary/aromatic N) is 3. The zero-order chi connectivity index (χ0) is 20.2. The van der Waals surface area contributed by atoms with Crippen molar-refractivity contribution in [2.45, 2.75) is 13.3 Å². The Labute approximate surface area is 169 Å². The van der Waals surface area contributed by atoms with Gasteiger partial charge >= 0.3 is 0 Å². The smallest absolute Gasteiger partial charge is 0.270 e. The van der Waals surface area contributed by atoms with Crippen molar-refractivity contribution < 1.29 is 14.8 Å². The number of nitrogens with one attached hydrogen (secondary N) is 2. The molecule has 1 saturated heterocycles. The summed E-state index contributed by atoms with van der Waals surface area (Å²) in [6.07, 6.45) is 0.353. The van der Waals surface area contributed by atoms with Crippen molar-refractivity contribution in [3.8, 4) is 5.88 Å². The second-order valence-corrected chi connectivity index (χ2v) is 7.54. The molecule has 1 amide bonds. The van der Waals surface area contributed by atoms with Gasteiger partial charge in [0.2, 0.25) is 5.88 Å². The first kappa shape index (κ1) is 19.1. The predicted octanol–water partition coefficient (Wildman–Crippen LogP) is 2.59. The van der Waals surface area contributed by atoms with E-state index in [2.05, 4.69) is 44.4 Å². The molecule has 4 rings (SSSR count). The molecule has 1 aromatic heterocycles. The predicted molar refractivity (Wildman–Crippen MR) is 113 cm³/mol. The number of H-pyrrole nitrogens is 1. The number of quaternary nitrogens is 1. The largest absolute Gasteiger partial charge is 0.493 e. The minimum atomic E-state index is -0.260. The Morgan fingerprint density at radius 1 is 1.17 bits per heavy atom. The number of amides is 1. The fourth-order valence-corrected chi connectivity index (χ4v) is 3.79. The van der Waals surface area contributed by atoms with Crippen LogP contribution in [0.25, 0.3) is 10.9 Å². The average molecular weight is 392 g/mol. The van der Waals surface area contributed by atoms with E-state index in [1.54, 1.807) is 0 Å². The van der Waals surface area contributed by atoms with Crippen LogP contribution in [0.3, 0.4) is 0 Å². The summed E-state index contributed by atoms with van der Waals surface area (Å²) in [5.41, 5.74) is 3.40. The summed E-state index contributed by atoms with van der Waals surface area (Å²) in [6, 6.07) is 16.2. The summed E-state index contributed by atoms with van der Waals surface area (Å²) in [5.74, 6) is -0.325. The van der Waals surface area contributed by atoms with Gasteiger partial charge in [-0.3, -0.25) is 4.79 Å². The lowest BCUT2D eigenvalue weighted by atomic mass is 10.2. The highest BCUT2D eigenvalue weighted by Gasteiger charge is 2.20. The van der Waals surface area contributed by atoms with Gasteiger partial charge < -0.3 is 19.9 Å². The molecule has 0 spiro atoms. The second kappa shape index (κ2) is 8.45. The van der Waals surface area contributed by atoms with Crippen molar-refractivity contribution in [1.29, 1.82) is 0 Å². The fourth-order valence-electron chi connectivity index (χ4n) is 3.79. The summed E-state index contributed by atoms with van der Waals surface area (Å²) < 4.78 is 0. The molecule has 7 heteroatoms. The van der Waals surface area contributed by atoms with Gasteiger partial charge in [0.15, 0.2) is 5.69 Å². The molecule has 0 radical (unpaired) electrons. The lowest BCUT2D eigenvalue weighted by Crippen LogP contribution is -3.15. The van der Waals surface area contributed by atoms with E-state index >= 15 is 0 Å². The summed E-state index contributed by atoms with van der Waals surface area (Å²) >= 11 is 0. The number of aromatic nitrogens is 1. The zero-order valence-electron chi connectivity index (χ0n) is 16.6. The number of hydrogen-bond acceptors (Lipinski definition) is 4. The van der Waals surface area contributed by atoms with Crippen LogP contribution in [-0.2, 0) is 4.79 Å². The van der Waals surface area contributed by atoms with Crippen LogP contribution in [0.5, 0.6) is 5.88 Å². The molecule has 0 saturated carbocycles. The van der Waals surface area contributed by atoms with Crippen molar-refractivity contribution >= 4 is 28.2 Å². The number of hydrogen-bond donors (Lipinski definition) is 3. The molecule has 2 heterocycles. The topological polar surface area (TPSA) is 85.5 Å². The maximum absolute atomic E-state index is 12.2. The number of rotatable bonds is 5. The highest BCUT2D eigenvalue weighted by molar-refractivity contribution is 5.94. The van der Waals surface area contributed by atoms with Crippen LogP contribution < -0.4 is 9.80 Å². The van der Waals surface area contributed by atoms with Crippen molar-refractivity contribution in [2.24, 2.45) is 10.2 Å². The first-order valence-electron chi connectivity index (χ1n) is 9.99. The third-order valence-corrected chi connectivity index (χ3v) is 5.45. The third kappa shape index (κ3) is 4.46. The molecule has 0 atom stereocenters. The van der Waals surface area contributed by atoms with Gasteiger partial charge in [0.05, 0.1) is 44.7 Å². The molecule has 0 unspecified atom stereocenters. The van der Waals surface area contributed by atoms with Gasteiger partial charge in [0.25, 0.3) is 5.91 Å². The van der Waals surface area contributed by atoms with Gasteiger partial charge in [0, 0.05) is 11.1 Å². The minimum absolute atomic E-state index is 0.0650. The van der Waals surface area contributed by atoms with Crippen LogP contribution in [-0.4, -0.2) is 48.7 Å². The van der Waals surface area contributed by atoms with E-state index in [-0.39, 0.29) is 11.8 Å². The number of fused-ring (bicyclic) bond motifs is 1. The Balaban J connectivity index is 1.30. The Kier molecular flexibility index (Phi) is 5.57. The molecule has 1 fully saturated rings. The molecule has 7 nitrogen and oxygen atoms in total. The van der Waals surface area contributed by atoms with Crippen LogP contribution >= 0.6 is 0 Å². The Morgan fingerprint density at radius 2 is 1.93 bits per heavy atom. The van der Waals surface area contributed by atoms with E-state index in [4.69, 9.17) is 0 Å². The molecule has 0 bridgehead atoms. The summed E-state index contributed by atoms with van der Waals surface area (Å²) in [5, 5.41) is 18.7. The second-order valence-electron chi connectivity index (χ2n) is 7.54. The number of benzene rings is 2. The van der Waals surface area contributed by atoms with Gasteiger partial charge in [-0.05, 0) is 31.2 Å². The van der Waals surface area contributed by atoms with Crippen LogP contribution in [0.2, 0.25) is 0 Å². The van der Waals surface area contributed by atoms with Crippen molar-refractivity contribution in [2.75, 3.05) is 37.6 Å². The third-order valence-electron chi connectivity index (χ3n) is 5.45. The number of para-hydroxylation sites is 1. The van der Waals surface area contributed by atoms with Crippen LogP contribution in [0.15, 0.2) is 58.8 Å². The van der Waals surface area contributed by atoms with E-state index in [1.807, 2.05) is 31.2 Å².